The molecule has 0 saturated heterocycles. The van der Waals surface area contributed by atoms with Gasteiger partial charge in [-0.25, -0.2) is 9.59 Å². The van der Waals surface area contributed by atoms with Crippen LogP contribution in [0.15, 0.2) is 18.2 Å². The van der Waals surface area contributed by atoms with E-state index in [-0.39, 0.29) is 12.8 Å². The minimum absolute atomic E-state index is 0.0709. The molecule has 0 saturated carbocycles. The Morgan fingerprint density at radius 3 is 2.55 bits per heavy atom. The summed E-state index contributed by atoms with van der Waals surface area (Å²) in [6.45, 7) is 6.67. The molecule has 0 aromatic heterocycles. The van der Waals surface area contributed by atoms with Crippen LogP contribution >= 0.6 is 0 Å². The fraction of sp³-hybridized carbons (Fsp3) is 0.467. The molecule has 0 heterocycles. The molecule has 3 amide bonds. The predicted molar refractivity (Wildman–Crippen MR) is 83.0 cm³/mol. The molecule has 3 N–H and O–H groups in total. The highest BCUT2D eigenvalue weighted by atomic mass is 16.5. The molecule has 1 rings (SSSR count). The van der Waals surface area contributed by atoms with Crippen LogP contribution in [0.2, 0.25) is 0 Å². The number of carbonyl (C=O) groups is 2. The molecule has 7 heteroatoms. The molecule has 0 aliphatic heterocycles. The summed E-state index contributed by atoms with van der Waals surface area (Å²) in [7, 11) is 0. The molecule has 0 fully saturated rings. The molecule has 22 heavy (non-hydrogen) atoms. The Balaban J connectivity index is 2.16. The zero-order chi connectivity index (χ0) is 16.4. The summed E-state index contributed by atoms with van der Waals surface area (Å²) in [6.07, 6.45) is -0.497. The lowest BCUT2D eigenvalue weighted by Crippen LogP contribution is -2.41. The second-order valence-corrected chi connectivity index (χ2v) is 4.57. The number of nitrogens with one attached hydrogen (secondary N) is 3. The van der Waals surface area contributed by atoms with Crippen LogP contribution in [0, 0.1) is 13.8 Å². The quantitative estimate of drug-likeness (QED) is 0.528. The molecular weight excluding hydrogens is 286 g/mol. The number of amides is 3. The molecule has 7 nitrogen and oxygen atoms in total. The second kappa shape index (κ2) is 9.49. The fourth-order valence-electron chi connectivity index (χ4n) is 1.65. The maximum atomic E-state index is 11.5. The normalized spacial score (nSPS) is 9.77. The van der Waals surface area contributed by atoms with Crippen molar-refractivity contribution in [3.63, 3.8) is 0 Å². The first-order valence-electron chi connectivity index (χ1n) is 7.16. The van der Waals surface area contributed by atoms with Crippen molar-refractivity contribution in [2.45, 2.75) is 20.8 Å². The van der Waals surface area contributed by atoms with Crippen LogP contribution in [0.4, 0.5) is 9.59 Å². The van der Waals surface area contributed by atoms with Crippen molar-refractivity contribution in [1.82, 2.24) is 16.0 Å². The van der Waals surface area contributed by atoms with Crippen molar-refractivity contribution in [2.24, 2.45) is 0 Å². The lowest BCUT2D eigenvalue weighted by molar-refractivity contribution is 0.152. The molecule has 0 unspecified atom stereocenters. The van der Waals surface area contributed by atoms with Gasteiger partial charge >= 0.3 is 12.1 Å². The molecule has 0 spiro atoms. The minimum Gasteiger partial charge on any atom is -0.473 e. The van der Waals surface area contributed by atoms with Gasteiger partial charge in [0.25, 0.3) is 0 Å². The van der Waals surface area contributed by atoms with Crippen molar-refractivity contribution in [3.05, 3.63) is 29.3 Å². The summed E-state index contributed by atoms with van der Waals surface area (Å²) in [5.74, 6) is 0.740. The number of carbonyl (C=O) groups excluding carboxylic acids is 2. The number of alkyl carbamates (subject to hydrolysis) is 1. The van der Waals surface area contributed by atoms with Crippen molar-refractivity contribution >= 4 is 12.1 Å². The molecule has 0 atom stereocenters. The summed E-state index contributed by atoms with van der Waals surface area (Å²) in [4.78, 5) is 22.5. The molecule has 122 valence electrons. The third-order valence-electron chi connectivity index (χ3n) is 2.97. The Morgan fingerprint density at radius 1 is 1.09 bits per heavy atom. The number of aryl methyl sites for hydroxylation is 1. The molecule has 0 aliphatic carbocycles. The van der Waals surface area contributed by atoms with E-state index in [9.17, 15) is 9.59 Å². The van der Waals surface area contributed by atoms with E-state index in [1.165, 1.54) is 0 Å². The average molecular weight is 309 g/mol. The largest absolute Gasteiger partial charge is 0.473 e. The number of benzene rings is 1. The van der Waals surface area contributed by atoms with Crippen LogP contribution in [0.25, 0.3) is 0 Å². The summed E-state index contributed by atoms with van der Waals surface area (Å²) in [5.41, 5.74) is 2.18. The van der Waals surface area contributed by atoms with E-state index in [1.807, 2.05) is 32.0 Å². The maximum Gasteiger partial charge on any atom is 0.407 e. The van der Waals surface area contributed by atoms with Gasteiger partial charge in [-0.1, -0.05) is 12.1 Å². The fourth-order valence-corrected chi connectivity index (χ4v) is 1.65. The number of ether oxygens (including phenoxy) is 2. The van der Waals surface area contributed by atoms with Gasteiger partial charge in [0.2, 0.25) is 0 Å². The smallest absolute Gasteiger partial charge is 0.407 e. The second-order valence-electron chi connectivity index (χ2n) is 4.57. The SMILES string of the molecule is CCOC(=O)NCCNC(=O)NCOc1cccc(C)c1C. The monoisotopic (exact) mass is 309 g/mol. The molecule has 1 aromatic carbocycles. The van der Waals surface area contributed by atoms with E-state index >= 15 is 0 Å². The molecule has 0 radical (unpaired) electrons. The van der Waals surface area contributed by atoms with E-state index < -0.39 is 6.09 Å². The van der Waals surface area contributed by atoms with Crippen molar-refractivity contribution in [2.75, 3.05) is 26.4 Å². The lowest BCUT2D eigenvalue weighted by atomic mass is 10.1. The Morgan fingerprint density at radius 2 is 1.82 bits per heavy atom. The van der Waals surface area contributed by atoms with E-state index in [1.54, 1.807) is 6.92 Å². The van der Waals surface area contributed by atoms with E-state index in [4.69, 9.17) is 4.74 Å². The van der Waals surface area contributed by atoms with Gasteiger partial charge in [-0.3, -0.25) is 0 Å². The van der Waals surface area contributed by atoms with Crippen LogP contribution in [-0.4, -0.2) is 38.6 Å². The first-order valence-corrected chi connectivity index (χ1v) is 7.16. The summed E-state index contributed by atoms with van der Waals surface area (Å²) >= 11 is 0. The van der Waals surface area contributed by atoms with Gasteiger partial charge in [0.1, 0.15) is 5.75 Å². The highest BCUT2D eigenvalue weighted by molar-refractivity contribution is 5.73. The van der Waals surface area contributed by atoms with Gasteiger partial charge in [-0.05, 0) is 38.0 Å². The minimum atomic E-state index is -0.497. The van der Waals surface area contributed by atoms with Gasteiger partial charge in [-0.2, -0.15) is 0 Å². The van der Waals surface area contributed by atoms with E-state index in [2.05, 4.69) is 20.7 Å². The first-order chi connectivity index (χ1) is 10.5. The van der Waals surface area contributed by atoms with Gasteiger partial charge < -0.3 is 25.4 Å². The van der Waals surface area contributed by atoms with Crippen molar-refractivity contribution in [3.8, 4) is 5.75 Å². The molecule has 1 aromatic rings. The maximum absolute atomic E-state index is 11.5. The van der Waals surface area contributed by atoms with Crippen molar-refractivity contribution < 1.29 is 19.1 Å². The number of hydrogen-bond donors (Lipinski definition) is 3. The Bertz CT molecular complexity index is 506. The van der Waals surface area contributed by atoms with Gasteiger partial charge in [0.15, 0.2) is 6.73 Å². The number of rotatable bonds is 7. The molecule has 0 aliphatic rings. The first kappa shape index (κ1) is 17.6. The summed E-state index contributed by atoms with van der Waals surface area (Å²) in [5, 5.41) is 7.67. The predicted octanol–water partition coefficient (Wildman–Crippen LogP) is 1.69. The van der Waals surface area contributed by atoms with Crippen LogP contribution in [0.3, 0.4) is 0 Å². The summed E-state index contributed by atoms with van der Waals surface area (Å²) < 4.78 is 10.2. The Hall–Kier alpha value is -2.44. The van der Waals surface area contributed by atoms with Crippen molar-refractivity contribution in [1.29, 1.82) is 0 Å². The standard InChI is InChI=1S/C15H23N3O4/c1-4-21-15(20)17-9-8-16-14(19)18-10-22-13-7-5-6-11(2)12(13)3/h5-7H,4,8-10H2,1-3H3,(H,17,20)(H2,16,18,19). The third-order valence-corrected chi connectivity index (χ3v) is 2.97. The lowest BCUT2D eigenvalue weighted by Gasteiger charge is -2.12. The number of urea groups is 1. The third kappa shape index (κ3) is 6.34. The van der Waals surface area contributed by atoms with Crippen LogP contribution in [0.1, 0.15) is 18.1 Å². The van der Waals surface area contributed by atoms with E-state index in [0.29, 0.717) is 19.7 Å². The van der Waals surface area contributed by atoms with Gasteiger partial charge in [-0.15, -0.1) is 0 Å². The topological polar surface area (TPSA) is 88.7 Å². The van der Waals surface area contributed by atoms with E-state index in [0.717, 1.165) is 16.9 Å². The molecular formula is C15H23N3O4. The zero-order valence-corrected chi connectivity index (χ0v) is 13.2. The highest BCUT2D eigenvalue weighted by Gasteiger charge is 2.04. The van der Waals surface area contributed by atoms with Gasteiger partial charge in [0, 0.05) is 13.1 Å². The van der Waals surface area contributed by atoms with Gasteiger partial charge in [0.05, 0.1) is 6.61 Å². The summed E-state index contributed by atoms with van der Waals surface area (Å²) in [6, 6.07) is 5.39. The van der Waals surface area contributed by atoms with Crippen LogP contribution in [0.5, 0.6) is 5.75 Å². The Kier molecular flexibility index (Phi) is 7.60. The zero-order valence-electron chi connectivity index (χ0n) is 13.2. The Labute approximate surface area is 130 Å². The highest BCUT2D eigenvalue weighted by Crippen LogP contribution is 2.19. The molecule has 0 bridgehead atoms. The average Bonchev–Trinajstić information content (AvgIpc) is 2.48. The van der Waals surface area contributed by atoms with Crippen LogP contribution in [-0.2, 0) is 4.74 Å². The van der Waals surface area contributed by atoms with Crippen LogP contribution < -0.4 is 20.7 Å². The number of hydrogen-bond acceptors (Lipinski definition) is 4.